The molecule has 0 bridgehead atoms. The molecule has 0 aromatic carbocycles. The van der Waals surface area contributed by atoms with Crippen molar-refractivity contribution in [2.75, 3.05) is 0 Å². The molecule has 0 aliphatic heterocycles. The Kier molecular flexibility index (Phi) is 4.28. The first kappa shape index (κ1) is 16.3. The van der Waals surface area contributed by atoms with E-state index < -0.39 is 11.0 Å². The summed E-state index contributed by atoms with van der Waals surface area (Å²) in [6.07, 6.45) is 0.369. The molecule has 19 heavy (non-hydrogen) atoms. The van der Waals surface area contributed by atoms with E-state index in [0.717, 1.165) is 10.7 Å². The van der Waals surface area contributed by atoms with Crippen LogP contribution >= 0.6 is 11.3 Å². The molecule has 2 N–H and O–H groups in total. The molecule has 0 saturated heterocycles. The van der Waals surface area contributed by atoms with Gasteiger partial charge in [-0.25, -0.2) is 4.98 Å². The van der Waals surface area contributed by atoms with Crippen LogP contribution in [-0.4, -0.2) is 16.3 Å². The smallest absolute Gasteiger partial charge is 0.147 e. The maximum Gasteiger partial charge on any atom is 0.147 e. The van der Waals surface area contributed by atoms with Gasteiger partial charge < -0.3 is 5.73 Å². The predicted octanol–water partition coefficient (Wildman–Crippen LogP) is 3.32. The van der Waals surface area contributed by atoms with Crippen molar-refractivity contribution >= 4 is 17.1 Å². The average molecular weight is 282 g/mol. The highest BCUT2D eigenvalue weighted by molar-refractivity contribution is 7.09. The standard InChI is InChI=1S/C15H26N2OS/c1-13(2,3)10-9-19-12(17-10)8-11(18)14(4,5)15(6,7)16/h9H,8,16H2,1-7H3. The van der Waals surface area contributed by atoms with Crippen molar-refractivity contribution in [2.45, 2.75) is 65.8 Å². The van der Waals surface area contributed by atoms with E-state index in [9.17, 15) is 4.79 Å². The van der Waals surface area contributed by atoms with Gasteiger partial charge in [0.2, 0.25) is 0 Å². The number of thiazole rings is 1. The zero-order valence-electron chi connectivity index (χ0n) is 13.1. The fourth-order valence-electron chi connectivity index (χ4n) is 1.45. The summed E-state index contributed by atoms with van der Waals surface area (Å²) in [5.74, 6) is 0.148. The Balaban J connectivity index is 2.87. The van der Waals surface area contributed by atoms with Crippen LogP contribution < -0.4 is 5.73 Å². The van der Waals surface area contributed by atoms with Gasteiger partial charge in [-0.05, 0) is 13.8 Å². The molecule has 0 amide bonds. The topological polar surface area (TPSA) is 56.0 Å². The number of ketones is 1. The summed E-state index contributed by atoms with van der Waals surface area (Å²) in [5, 5.41) is 2.93. The van der Waals surface area contributed by atoms with Gasteiger partial charge in [0.1, 0.15) is 10.8 Å². The Morgan fingerprint density at radius 2 is 1.74 bits per heavy atom. The largest absolute Gasteiger partial charge is 0.325 e. The van der Waals surface area contributed by atoms with Gasteiger partial charge in [-0.15, -0.1) is 11.3 Å². The Morgan fingerprint density at radius 3 is 2.11 bits per heavy atom. The summed E-state index contributed by atoms with van der Waals surface area (Å²) in [6, 6.07) is 0. The van der Waals surface area contributed by atoms with Gasteiger partial charge in [-0.2, -0.15) is 0 Å². The van der Waals surface area contributed by atoms with Gasteiger partial charge in [0.15, 0.2) is 0 Å². The zero-order valence-corrected chi connectivity index (χ0v) is 13.9. The second kappa shape index (κ2) is 4.98. The number of nitrogens with two attached hydrogens (primary N) is 1. The molecular formula is C15H26N2OS. The Morgan fingerprint density at radius 1 is 1.21 bits per heavy atom. The number of nitrogens with zero attached hydrogens (tertiary/aromatic N) is 1. The normalized spacial score (nSPS) is 13.7. The van der Waals surface area contributed by atoms with Crippen LogP contribution in [0.1, 0.15) is 59.2 Å². The Labute approximate surface area is 120 Å². The minimum atomic E-state index is -0.555. The molecular weight excluding hydrogens is 256 g/mol. The van der Waals surface area contributed by atoms with Crippen molar-refractivity contribution in [3.05, 3.63) is 16.1 Å². The van der Waals surface area contributed by atoms with E-state index in [1.807, 2.05) is 33.1 Å². The number of rotatable bonds is 4. The van der Waals surface area contributed by atoms with Crippen molar-refractivity contribution in [1.82, 2.24) is 4.98 Å². The first-order valence-corrected chi connectivity index (χ1v) is 7.51. The predicted molar refractivity (Wildman–Crippen MR) is 81.6 cm³/mol. The molecule has 0 spiro atoms. The van der Waals surface area contributed by atoms with E-state index in [1.54, 1.807) is 11.3 Å². The lowest BCUT2D eigenvalue weighted by Gasteiger charge is -2.36. The monoisotopic (exact) mass is 282 g/mol. The number of Topliss-reactive ketones (excluding diaryl/α,β-unsaturated/α-hetero) is 1. The summed E-state index contributed by atoms with van der Waals surface area (Å²) in [7, 11) is 0. The van der Waals surface area contributed by atoms with E-state index in [-0.39, 0.29) is 11.2 Å². The van der Waals surface area contributed by atoms with Crippen molar-refractivity contribution < 1.29 is 4.79 Å². The second-order valence-electron chi connectivity index (χ2n) is 7.32. The van der Waals surface area contributed by atoms with Gasteiger partial charge in [-0.1, -0.05) is 34.6 Å². The number of hydrogen-bond donors (Lipinski definition) is 1. The van der Waals surface area contributed by atoms with Gasteiger partial charge in [-0.3, -0.25) is 4.79 Å². The van der Waals surface area contributed by atoms with Crippen LogP contribution in [-0.2, 0) is 16.6 Å². The van der Waals surface area contributed by atoms with E-state index in [2.05, 4.69) is 25.8 Å². The van der Waals surface area contributed by atoms with E-state index >= 15 is 0 Å². The third-order valence-electron chi connectivity index (χ3n) is 3.94. The molecule has 0 aliphatic carbocycles. The van der Waals surface area contributed by atoms with Crippen molar-refractivity contribution in [3.63, 3.8) is 0 Å². The van der Waals surface area contributed by atoms with Crippen LogP contribution in [0, 0.1) is 5.41 Å². The highest BCUT2D eigenvalue weighted by Crippen LogP contribution is 2.31. The maximum atomic E-state index is 12.4. The van der Waals surface area contributed by atoms with E-state index in [4.69, 9.17) is 5.73 Å². The number of carbonyl (C=O) groups is 1. The lowest BCUT2D eigenvalue weighted by molar-refractivity contribution is -0.129. The fourth-order valence-corrected chi connectivity index (χ4v) is 2.47. The molecule has 0 unspecified atom stereocenters. The van der Waals surface area contributed by atoms with Crippen molar-refractivity contribution in [3.8, 4) is 0 Å². The SMILES string of the molecule is CC(C)(C)c1csc(CC(=O)C(C)(C)C(C)(C)N)n1. The highest BCUT2D eigenvalue weighted by Gasteiger charge is 2.40. The molecule has 0 atom stereocenters. The molecule has 0 aliphatic rings. The van der Waals surface area contributed by atoms with Gasteiger partial charge >= 0.3 is 0 Å². The molecule has 1 rings (SSSR count). The summed E-state index contributed by atoms with van der Waals surface area (Å²) >= 11 is 1.56. The van der Waals surface area contributed by atoms with E-state index in [0.29, 0.717) is 6.42 Å². The molecule has 3 nitrogen and oxygen atoms in total. The molecule has 1 aromatic rings. The lowest BCUT2D eigenvalue weighted by atomic mass is 9.71. The first-order valence-electron chi connectivity index (χ1n) is 6.63. The third kappa shape index (κ3) is 3.63. The molecule has 1 aromatic heterocycles. The molecule has 4 heteroatoms. The number of hydrogen-bond acceptors (Lipinski definition) is 4. The van der Waals surface area contributed by atoms with Gasteiger partial charge in [0, 0.05) is 21.7 Å². The van der Waals surface area contributed by atoms with Crippen LogP contribution in [0.2, 0.25) is 0 Å². The van der Waals surface area contributed by atoms with E-state index in [1.165, 1.54) is 0 Å². The molecule has 0 radical (unpaired) electrons. The second-order valence-corrected chi connectivity index (χ2v) is 8.27. The minimum Gasteiger partial charge on any atom is -0.325 e. The summed E-state index contributed by atoms with van der Waals surface area (Å²) < 4.78 is 0. The Bertz CT molecular complexity index is 461. The van der Waals surface area contributed by atoms with Crippen molar-refractivity contribution in [2.24, 2.45) is 11.1 Å². The van der Waals surface area contributed by atoms with Gasteiger partial charge in [0.25, 0.3) is 0 Å². The quantitative estimate of drug-likeness (QED) is 0.921. The van der Waals surface area contributed by atoms with Crippen LogP contribution in [0.25, 0.3) is 0 Å². The fraction of sp³-hybridized carbons (Fsp3) is 0.733. The van der Waals surface area contributed by atoms with Crippen molar-refractivity contribution in [1.29, 1.82) is 0 Å². The molecule has 108 valence electrons. The van der Waals surface area contributed by atoms with Crippen LogP contribution in [0.5, 0.6) is 0 Å². The lowest BCUT2D eigenvalue weighted by Crippen LogP contribution is -2.52. The summed E-state index contributed by atoms with van der Waals surface area (Å²) in [6.45, 7) is 14.0. The molecule has 1 heterocycles. The highest BCUT2D eigenvalue weighted by atomic mass is 32.1. The van der Waals surface area contributed by atoms with Crippen LogP contribution in [0.4, 0.5) is 0 Å². The zero-order chi connectivity index (χ0) is 15.1. The van der Waals surface area contributed by atoms with Gasteiger partial charge in [0.05, 0.1) is 12.1 Å². The van der Waals surface area contributed by atoms with Crippen LogP contribution in [0.3, 0.4) is 0 Å². The number of aromatic nitrogens is 1. The maximum absolute atomic E-state index is 12.4. The molecule has 0 fully saturated rings. The third-order valence-corrected chi connectivity index (χ3v) is 4.79. The first-order chi connectivity index (χ1) is 8.35. The van der Waals surface area contributed by atoms with Crippen LogP contribution in [0.15, 0.2) is 5.38 Å². The minimum absolute atomic E-state index is 0.0282. The summed E-state index contributed by atoms with van der Waals surface area (Å²) in [4.78, 5) is 17.0. The average Bonchev–Trinajstić information content (AvgIpc) is 2.63. The number of carbonyl (C=O) groups excluding carboxylic acids is 1. The Hall–Kier alpha value is -0.740. The molecule has 0 saturated carbocycles. The summed E-state index contributed by atoms with van der Waals surface area (Å²) in [5.41, 5.74) is 6.09.